The molecule has 0 aliphatic heterocycles. The molecule has 2 aromatic heterocycles. The van der Waals surface area contributed by atoms with Crippen LogP contribution in [0.2, 0.25) is 0 Å². The van der Waals surface area contributed by atoms with Gasteiger partial charge < -0.3 is 14.9 Å². The van der Waals surface area contributed by atoms with Gasteiger partial charge in [-0.05, 0) is 48.9 Å². The predicted molar refractivity (Wildman–Crippen MR) is 103 cm³/mol. The average molecular weight is 351 g/mol. The van der Waals surface area contributed by atoms with Gasteiger partial charge >= 0.3 is 0 Å². The quantitative estimate of drug-likeness (QED) is 0.645. The Balaban J connectivity index is 1.64. The summed E-state index contributed by atoms with van der Waals surface area (Å²) in [4.78, 5) is 8.50. The van der Waals surface area contributed by atoms with Crippen molar-refractivity contribution in [3.05, 3.63) is 60.0 Å². The first-order valence-corrected chi connectivity index (χ1v) is 8.99. The number of hydrogen-bond donors (Lipinski definition) is 1. The third-order valence-electron chi connectivity index (χ3n) is 4.12. The Morgan fingerprint density at radius 1 is 1.08 bits per heavy atom. The van der Waals surface area contributed by atoms with Gasteiger partial charge in [-0.25, -0.2) is 4.98 Å². The number of nitrogens with zero attached hydrogens (tertiary/aromatic N) is 2. The van der Waals surface area contributed by atoms with Crippen molar-refractivity contribution < 1.29 is 9.15 Å². The summed E-state index contributed by atoms with van der Waals surface area (Å²) >= 11 is 0. The van der Waals surface area contributed by atoms with Crippen molar-refractivity contribution in [1.82, 2.24) is 9.97 Å². The minimum Gasteiger partial charge on any atom is -0.478 e. The summed E-state index contributed by atoms with van der Waals surface area (Å²) in [5.74, 6) is 2.28. The lowest BCUT2D eigenvalue weighted by atomic mass is 10.0. The SMILES string of the molecule is CC(C)CCOc1cc(CCc2cccc(-c3ccco3)c2)nc(N)n1. The Morgan fingerprint density at radius 3 is 2.73 bits per heavy atom. The maximum absolute atomic E-state index is 5.83. The lowest BCUT2D eigenvalue weighted by Gasteiger charge is -2.09. The summed E-state index contributed by atoms with van der Waals surface area (Å²) in [6.45, 7) is 4.97. The second-order valence-electron chi connectivity index (χ2n) is 6.76. The predicted octanol–water partition coefficient (Wildman–Crippen LogP) is 4.53. The van der Waals surface area contributed by atoms with E-state index in [4.69, 9.17) is 14.9 Å². The monoisotopic (exact) mass is 351 g/mol. The molecule has 0 aliphatic rings. The third kappa shape index (κ3) is 5.09. The molecule has 5 heteroatoms. The molecule has 5 nitrogen and oxygen atoms in total. The molecule has 0 aliphatic carbocycles. The van der Waals surface area contributed by atoms with Crippen LogP contribution in [0, 0.1) is 5.92 Å². The van der Waals surface area contributed by atoms with Gasteiger partial charge in [0, 0.05) is 11.6 Å². The molecule has 0 atom stereocenters. The average Bonchev–Trinajstić information content (AvgIpc) is 3.14. The minimum atomic E-state index is 0.256. The van der Waals surface area contributed by atoms with E-state index in [1.165, 1.54) is 5.56 Å². The molecule has 0 fully saturated rings. The highest BCUT2D eigenvalue weighted by Crippen LogP contribution is 2.22. The molecule has 1 aromatic carbocycles. The van der Waals surface area contributed by atoms with Gasteiger partial charge in [0.25, 0.3) is 0 Å². The molecule has 0 radical (unpaired) electrons. The summed E-state index contributed by atoms with van der Waals surface area (Å²) in [6, 6.07) is 14.1. The van der Waals surface area contributed by atoms with E-state index in [0.717, 1.165) is 36.3 Å². The van der Waals surface area contributed by atoms with Crippen LogP contribution in [0.4, 0.5) is 5.95 Å². The number of anilines is 1. The van der Waals surface area contributed by atoms with Gasteiger partial charge in [-0.3, -0.25) is 0 Å². The molecule has 0 spiro atoms. The van der Waals surface area contributed by atoms with Gasteiger partial charge in [-0.1, -0.05) is 32.0 Å². The number of furan rings is 1. The van der Waals surface area contributed by atoms with Crippen LogP contribution in [0.15, 0.2) is 53.1 Å². The topological polar surface area (TPSA) is 74.2 Å². The fourth-order valence-corrected chi connectivity index (χ4v) is 2.69. The number of nitrogen functional groups attached to an aromatic ring is 1. The Hall–Kier alpha value is -2.82. The van der Waals surface area contributed by atoms with Crippen LogP contribution in [0.3, 0.4) is 0 Å². The first-order chi connectivity index (χ1) is 12.6. The van der Waals surface area contributed by atoms with E-state index in [0.29, 0.717) is 18.4 Å². The standard InChI is InChI=1S/C21H25N3O2/c1-15(2)10-12-26-20-14-18(23-21(22)24-20)9-8-16-5-3-6-17(13-16)19-7-4-11-25-19/h3-7,11,13-15H,8-10,12H2,1-2H3,(H2,22,23,24). The highest BCUT2D eigenvalue weighted by atomic mass is 16.5. The molecule has 136 valence electrons. The van der Waals surface area contributed by atoms with Crippen molar-refractivity contribution in [2.24, 2.45) is 5.92 Å². The maximum atomic E-state index is 5.83. The largest absolute Gasteiger partial charge is 0.478 e. The number of aryl methyl sites for hydroxylation is 2. The number of nitrogens with two attached hydrogens (primary N) is 1. The van der Waals surface area contributed by atoms with E-state index in [1.807, 2.05) is 30.3 Å². The van der Waals surface area contributed by atoms with Crippen LogP contribution in [-0.2, 0) is 12.8 Å². The van der Waals surface area contributed by atoms with Crippen molar-refractivity contribution >= 4 is 5.95 Å². The van der Waals surface area contributed by atoms with E-state index in [9.17, 15) is 0 Å². The second kappa shape index (κ2) is 8.52. The van der Waals surface area contributed by atoms with E-state index in [2.05, 4.69) is 35.9 Å². The molecule has 0 bridgehead atoms. The van der Waals surface area contributed by atoms with Gasteiger partial charge in [0.1, 0.15) is 5.76 Å². The fraction of sp³-hybridized carbons (Fsp3) is 0.333. The Morgan fingerprint density at radius 2 is 1.96 bits per heavy atom. The van der Waals surface area contributed by atoms with E-state index in [1.54, 1.807) is 6.26 Å². The normalized spacial score (nSPS) is 11.0. The highest BCUT2D eigenvalue weighted by Gasteiger charge is 2.06. The lowest BCUT2D eigenvalue weighted by Crippen LogP contribution is -2.07. The molecule has 2 heterocycles. The van der Waals surface area contributed by atoms with Crippen LogP contribution >= 0.6 is 0 Å². The van der Waals surface area contributed by atoms with Crippen LogP contribution in [-0.4, -0.2) is 16.6 Å². The maximum Gasteiger partial charge on any atom is 0.223 e. The van der Waals surface area contributed by atoms with Crippen LogP contribution < -0.4 is 10.5 Å². The second-order valence-corrected chi connectivity index (χ2v) is 6.76. The number of hydrogen-bond acceptors (Lipinski definition) is 5. The lowest BCUT2D eigenvalue weighted by molar-refractivity contribution is 0.279. The van der Waals surface area contributed by atoms with Crippen molar-refractivity contribution in [2.75, 3.05) is 12.3 Å². The van der Waals surface area contributed by atoms with Crippen molar-refractivity contribution in [2.45, 2.75) is 33.1 Å². The molecular weight excluding hydrogens is 326 g/mol. The van der Waals surface area contributed by atoms with Crippen molar-refractivity contribution in [3.8, 4) is 17.2 Å². The Kier molecular flexibility index (Phi) is 5.89. The highest BCUT2D eigenvalue weighted by molar-refractivity contribution is 5.58. The zero-order valence-electron chi connectivity index (χ0n) is 15.3. The van der Waals surface area contributed by atoms with Crippen LogP contribution in [0.25, 0.3) is 11.3 Å². The summed E-state index contributed by atoms with van der Waals surface area (Å²) in [7, 11) is 0. The molecule has 2 N–H and O–H groups in total. The van der Waals surface area contributed by atoms with Crippen LogP contribution in [0.1, 0.15) is 31.5 Å². The third-order valence-corrected chi connectivity index (χ3v) is 4.12. The van der Waals surface area contributed by atoms with Crippen molar-refractivity contribution in [1.29, 1.82) is 0 Å². The van der Waals surface area contributed by atoms with Gasteiger partial charge in [-0.15, -0.1) is 0 Å². The molecule has 3 rings (SSSR count). The van der Waals surface area contributed by atoms with Gasteiger partial charge in [0.05, 0.1) is 18.6 Å². The van der Waals surface area contributed by atoms with Gasteiger partial charge in [-0.2, -0.15) is 4.98 Å². The molecular formula is C21H25N3O2. The fourth-order valence-electron chi connectivity index (χ4n) is 2.69. The molecule has 0 amide bonds. The molecule has 26 heavy (non-hydrogen) atoms. The van der Waals surface area contributed by atoms with Crippen molar-refractivity contribution in [3.63, 3.8) is 0 Å². The van der Waals surface area contributed by atoms with Crippen LogP contribution in [0.5, 0.6) is 5.88 Å². The van der Waals surface area contributed by atoms with Gasteiger partial charge in [0.2, 0.25) is 11.8 Å². The molecule has 0 unspecified atom stereocenters. The minimum absolute atomic E-state index is 0.256. The van der Waals surface area contributed by atoms with Gasteiger partial charge in [0.15, 0.2) is 0 Å². The molecule has 0 saturated heterocycles. The molecule has 0 saturated carbocycles. The van der Waals surface area contributed by atoms with E-state index in [-0.39, 0.29) is 5.95 Å². The first kappa shape index (κ1) is 18.0. The summed E-state index contributed by atoms with van der Waals surface area (Å²) in [5, 5.41) is 0. The van der Waals surface area contributed by atoms with E-state index < -0.39 is 0 Å². The Bertz CT molecular complexity index is 829. The summed E-state index contributed by atoms with van der Waals surface area (Å²) in [6.07, 6.45) is 4.30. The Labute approximate surface area is 154 Å². The number of rotatable bonds is 8. The first-order valence-electron chi connectivity index (χ1n) is 8.99. The number of aromatic nitrogens is 2. The smallest absolute Gasteiger partial charge is 0.223 e. The zero-order chi connectivity index (χ0) is 18.4. The zero-order valence-corrected chi connectivity index (χ0v) is 15.3. The number of ether oxygens (including phenoxy) is 1. The van der Waals surface area contributed by atoms with E-state index >= 15 is 0 Å². The summed E-state index contributed by atoms with van der Waals surface area (Å²) in [5.41, 5.74) is 9.02. The number of benzene rings is 1. The summed E-state index contributed by atoms with van der Waals surface area (Å²) < 4.78 is 11.2. The molecule has 3 aromatic rings.